The van der Waals surface area contributed by atoms with Crippen LogP contribution >= 0.6 is 0 Å². The van der Waals surface area contributed by atoms with Crippen LogP contribution in [0.25, 0.3) is 6.08 Å². The van der Waals surface area contributed by atoms with Gasteiger partial charge in [-0.1, -0.05) is 36.4 Å². The highest BCUT2D eigenvalue weighted by atomic mass is 16.6. The van der Waals surface area contributed by atoms with Crippen LogP contribution in [-0.2, 0) is 14.3 Å². The largest absolute Gasteiger partial charge is 0.447 e. The lowest BCUT2D eigenvalue weighted by Gasteiger charge is -2.16. The first-order valence-electron chi connectivity index (χ1n) is 8.92. The molecule has 2 aromatic carbocycles. The van der Waals surface area contributed by atoms with Gasteiger partial charge in [0.05, 0.1) is 6.54 Å². The Morgan fingerprint density at radius 3 is 2.64 bits per heavy atom. The van der Waals surface area contributed by atoms with Crippen LogP contribution in [0, 0.1) is 0 Å². The third kappa shape index (κ3) is 4.97. The Morgan fingerprint density at radius 2 is 1.93 bits per heavy atom. The molecule has 0 saturated carbocycles. The first kappa shape index (κ1) is 19.2. The molecule has 7 nitrogen and oxygen atoms in total. The van der Waals surface area contributed by atoms with E-state index in [0.717, 1.165) is 5.56 Å². The van der Waals surface area contributed by atoms with Crippen LogP contribution in [0.4, 0.5) is 16.2 Å². The van der Waals surface area contributed by atoms with Gasteiger partial charge in [0.1, 0.15) is 12.6 Å². The number of amides is 3. The summed E-state index contributed by atoms with van der Waals surface area (Å²) >= 11 is 0. The molecule has 2 aromatic rings. The van der Waals surface area contributed by atoms with Crippen LogP contribution in [0.5, 0.6) is 0 Å². The molecule has 7 heteroatoms. The van der Waals surface area contributed by atoms with E-state index < -0.39 is 12.1 Å². The second kappa shape index (κ2) is 8.85. The standard InChI is InChI=1S/C21H21N3O4/c1-15(22-19(25)11-10-16-6-3-2-4-7-16)20(26)23-17-8-5-9-18(14-17)24-12-13-28-21(24)27/h2-11,14-15H,12-13H2,1H3,(H,22,25)(H,23,26)/b11-10+. The molecule has 28 heavy (non-hydrogen) atoms. The van der Waals surface area contributed by atoms with E-state index in [4.69, 9.17) is 4.74 Å². The van der Waals surface area contributed by atoms with E-state index in [9.17, 15) is 14.4 Å². The molecule has 1 fully saturated rings. The minimum Gasteiger partial charge on any atom is -0.447 e. The van der Waals surface area contributed by atoms with Crippen molar-refractivity contribution in [3.8, 4) is 0 Å². The first-order valence-corrected chi connectivity index (χ1v) is 8.92. The lowest BCUT2D eigenvalue weighted by molar-refractivity contribution is -0.123. The van der Waals surface area contributed by atoms with Gasteiger partial charge in [-0.25, -0.2) is 4.79 Å². The van der Waals surface area contributed by atoms with Gasteiger partial charge in [-0.05, 0) is 36.8 Å². The van der Waals surface area contributed by atoms with Gasteiger partial charge in [0.25, 0.3) is 0 Å². The summed E-state index contributed by atoms with van der Waals surface area (Å²) in [5.74, 6) is -0.720. The summed E-state index contributed by atoms with van der Waals surface area (Å²) in [5, 5.41) is 5.37. The van der Waals surface area contributed by atoms with Crippen molar-refractivity contribution in [2.24, 2.45) is 0 Å². The number of ether oxygens (including phenoxy) is 1. The highest BCUT2D eigenvalue weighted by molar-refractivity contribution is 6.00. The summed E-state index contributed by atoms with van der Waals surface area (Å²) in [4.78, 5) is 37.5. The van der Waals surface area contributed by atoms with Crippen LogP contribution in [0.2, 0.25) is 0 Å². The third-order valence-corrected chi connectivity index (χ3v) is 4.16. The molecule has 0 bridgehead atoms. The summed E-state index contributed by atoms with van der Waals surface area (Å²) in [5.41, 5.74) is 2.07. The van der Waals surface area contributed by atoms with Crippen LogP contribution < -0.4 is 15.5 Å². The van der Waals surface area contributed by atoms with Crippen molar-refractivity contribution in [3.05, 3.63) is 66.2 Å². The maximum absolute atomic E-state index is 12.4. The van der Waals surface area contributed by atoms with Gasteiger partial charge in [-0.15, -0.1) is 0 Å². The van der Waals surface area contributed by atoms with Gasteiger partial charge >= 0.3 is 6.09 Å². The number of nitrogens with one attached hydrogen (secondary N) is 2. The first-order chi connectivity index (χ1) is 13.5. The Bertz CT molecular complexity index is 896. The van der Waals surface area contributed by atoms with E-state index in [-0.39, 0.29) is 11.8 Å². The highest BCUT2D eigenvalue weighted by Crippen LogP contribution is 2.22. The average Bonchev–Trinajstić information content (AvgIpc) is 3.13. The summed E-state index contributed by atoms with van der Waals surface area (Å²) < 4.78 is 4.92. The van der Waals surface area contributed by atoms with Crippen LogP contribution in [0.15, 0.2) is 60.7 Å². The quantitative estimate of drug-likeness (QED) is 0.756. The van der Waals surface area contributed by atoms with E-state index >= 15 is 0 Å². The van der Waals surface area contributed by atoms with Crippen LogP contribution in [0.1, 0.15) is 12.5 Å². The summed E-state index contributed by atoms with van der Waals surface area (Å²) in [6, 6.07) is 15.6. The number of carbonyl (C=O) groups excluding carboxylic acids is 3. The van der Waals surface area contributed by atoms with Crippen LogP contribution in [-0.4, -0.2) is 37.1 Å². The number of benzene rings is 2. The molecule has 1 unspecified atom stereocenters. The molecule has 3 rings (SSSR count). The van der Waals surface area contributed by atoms with Crippen molar-refractivity contribution < 1.29 is 19.1 Å². The Hall–Kier alpha value is -3.61. The highest BCUT2D eigenvalue weighted by Gasteiger charge is 2.24. The molecular weight excluding hydrogens is 358 g/mol. The minimum atomic E-state index is -0.728. The number of anilines is 2. The smallest absolute Gasteiger partial charge is 0.414 e. The molecule has 1 heterocycles. The lowest BCUT2D eigenvalue weighted by atomic mass is 10.2. The number of rotatable bonds is 6. The van der Waals surface area contributed by atoms with Gasteiger partial charge in [0.2, 0.25) is 11.8 Å². The zero-order valence-electron chi connectivity index (χ0n) is 15.4. The number of hydrogen-bond acceptors (Lipinski definition) is 4. The maximum atomic E-state index is 12.4. The number of cyclic esters (lactones) is 1. The number of nitrogens with zero attached hydrogens (tertiary/aromatic N) is 1. The fourth-order valence-electron chi connectivity index (χ4n) is 2.69. The normalized spacial score (nSPS) is 14.6. The molecule has 1 saturated heterocycles. The van der Waals surface area contributed by atoms with Gasteiger partial charge < -0.3 is 15.4 Å². The molecular formula is C21H21N3O4. The molecule has 1 atom stereocenters. The zero-order chi connectivity index (χ0) is 19.9. The molecule has 0 spiro atoms. The topological polar surface area (TPSA) is 87.7 Å². The molecule has 1 aliphatic heterocycles. The Balaban J connectivity index is 1.56. The second-order valence-electron chi connectivity index (χ2n) is 6.28. The van der Waals surface area contributed by atoms with E-state index in [1.807, 2.05) is 30.3 Å². The van der Waals surface area contributed by atoms with Gasteiger partial charge in [0, 0.05) is 17.5 Å². The van der Waals surface area contributed by atoms with E-state index in [1.54, 1.807) is 37.3 Å². The third-order valence-electron chi connectivity index (χ3n) is 4.16. The van der Waals surface area contributed by atoms with Crippen molar-refractivity contribution in [3.63, 3.8) is 0 Å². The molecule has 0 aromatic heterocycles. The lowest BCUT2D eigenvalue weighted by Crippen LogP contribution is -2.40. The molecule has 1 aliphatic rings. The Kier molecular flexibility index (Phi) is 6.06. The second-order valence-corrected chi connectivity index (χ2v) is 6.28. The Morgan fingerprint density at radius 1 is 1.14 bits per heavy atom. The van der Waals surface area contributed by atoms with Gasteiger partial charge in [-0.3, -0.25) is 14.5 Å². The van der Waals surface area contributed by atoms with Crippen molar-refractivity contribution in [1.29, 1.82) is 0 Å². The molecule has 0 aliphatic carbocycles. The summed E-state index contributed by atoms with van der Waals surface area (Å²) in [7, 11) is 0. The number of hydrogen-bond donors (Lipinski definition) is 2. The van der Waals surface area contributed by atoms with E-state index in [2.05, 4.69) is 10.6 Å². The zero-order valence-corrected chi connectivity index (χ0v) is 15.4. The average molecular weight is 379 g/mol. The predicted molar refractivity (Wildman–Crippen MR) is 107 cm³/mol. The van der Waals surface area contributed by atoms with Crippen molar-refractivity contribution in [2.45, 2.75) is 13.0 Å². The fraction of sp³-hybridized carbons (Fsp3) is 0.190. The van der Waals surface area contributed by atoms with Crippen LogP contribution in [0.3, 0.4) is 0 Å². The number of carbonyl (C=O) groups is 3. The summed E-state index contributed by atoms with van der Waals surface area (Å²) in [6.45, 7) is 2.41. The predicted octanol–water partition coefficient (Wildman–Crippen LogP) is 2.80. The maximum Gasteiger partial charge on any atom is 0.414 e. The summed E-state index contributed by atoms with van der Waals surface area (Å²) in [6.07, 6.45) is 2.66. The van der Waals surface area contributed by atoms with Gasteiger partial charge in [0.15, 0.2) is 0 Å². The Labute approximate surface area is 163 Å². The minimum absolute atomic E-state index is 0.342. The molecule has 3 amide bonds. The molecule has 144 valence electrons. The molecule has 2 N–H and O–H groups in total. The van der Waals surface area contributed by atoms with Crippen molar-refractivity contribution >= 4 is 35.4 Å². The van der Waals surface area contributed by atoms with Crippen molar-refractivity contribution in [2.75, 3.05) is 23.4 Å². The van der Waals surface area contributed by atoms with E-state index in [1.165, 1.54) is 11.0 Å². The van der Waals surface area contributed by atoms with Gasteiger partial charge in [-0.2, -0.15) is 0 Å². The van der Waals surface area contributed by atoms with Crippen molar-refractivity contribution in [1.82, 2.24) is 5.32 Å². The fourth-order valence-corrected chi connectivity index (χ4v) is 2.69. The SMILES string of the molecule is CC(NC(=O)/C=C/c1ccccc1)C(=O)Nc1cccc(N2CCOC2=O)c1. The molecule has 0 radical (unpaired) electrons. The van der Waals surface area contributed by atoms with E-state index in [0.29, 0.717) is 24.5 Å². The monoisotopic (exact) mass is 379 g/mol.